The molecule has 2 aliphatic rings. The summed E-state index contributed by atoms with van der Waals surface area (Å²) in [4.78, 5) is 18.5. The fourth-order valence-corrected chi connectivity index (χ4v) is 5.56. The van der Waals surface area contributed by atoms with Crippen molar-refractivity contribution >= 4 is 16.8 Å². The van der Waals surface area contributed by atoms with E-state index in [9.17, 15) is 4.79 Å². The molecular formula is C21H29N3O. The molecule has 3 unspecified atom stereocenters. The van der Waals surface area contributed by atoms with Crippen LogP contribution in [0.3, 0.4) is 0 Å². The number of hydrogen-bond donors (Lipinski definition) is 2. The van der Waals surface area contributed by atoms with Crippen LogP contribution < -0.4 is 5.73 Å². The average molecular weight is 339 g/mol. The van der Waals surface area contributed by atoms with E-state index < -0.39 is 6.04 Å². The van der Waals surface area contributed by atoms with Crippen LogP contribution in [0.15, 0.2) is 30.5 Å². The second-order valence-corrected chi connectivity index (χ2v) is 9.35. The lowest BCUT2D eigenvalue weighted by atomic mass is 9.65. The number of para-hydroxylation sites is 1. The Morgan fingerprint density at radius 3 is 2.88 bits per heavy atom. The Balaban J connectivity index is 1.51. The van der Waals surface area contributed by atoms with Gasteiger partial charge in [-0.15, -0.1) is 0 Å². The summed E-state index contributed by atoms with van der Waals surface area (Å²) in [6.07, 6.45) is 5.99. The smallest absolute Gasteiger partial charge is 0.240 e. The third kappa shape index (κ3) is 2.97. The first-order chi connectivity index (χ1) is 11.8. The molecule has 1 aliphatic carbocycles. The maximum absolute atomic E-state index is 13.1. The lowest BCUT2D eigenvalue weighted by molar-refractivity contribution is -0.133. The van der Waals surface area contributed by atoms with E-state index in [1.165, 1.54) is 11.8 Å². The highest BCUT2D eigenvalue weighted by molar-refractivity contribution is 5.86. The molecule has 2 heterocycles. The molecule has 1 aromatic heterocycles. The summed E-state index contributed by atoms with van der Waals surface area (Å²) in [7, 11) is 0. The third-order valence-electron chi connectivity index (χ3n) is 6.13. The van der Waals surface area contributed by atoms with Gasteiger partial charge < -0.3 is 15.6 Å². The van der Waals surface area contributed by atoms with Gasteiger partial charge in [0.05, 0.1) is 6.04 Å². The molecule has 1 saturated carbocycles. The number of hydrogen-bond acceptors (Lipinski definition) is 2. The highest BCUT2D eigenvalue weighted by atomic mass is 16.2. The van der Waals surface area contributed by atoms with Crippen LogP contribution in [0.2, 0.25) is 0 Å². The van der Waals surface area contributed by atoms with E-state index in [1.54, 1.807) is 0 Å². The van der Waals surface area contributed by atoms with Crippen LogP contribution in [0.1, 0.15) is 45.6 Å². The fourth-order valence-electron chi connectivity index (χ4n) is 5.56. The van der Waals surface area contributed by atoms with Crippen LogP contribution in [0.5, 0.6) is 0 Å². The van der Waals surface area contributed by atoms with Gasteiger partial charge in [0.1, 0.15) is 0 Å². The molecule has 3 atom stereocenters. The van der Waals surface area contributed by atoms with Crippen LogP contribution in [0.4, 0.5) is 0 Å². The Bertz CT molecular complexity index is 808. The Morgan fingerprint density at radius 1 is 1.32 bits per heavy atom. The molecule has 0 spiro atoms. The number of nitrogens with zero attached hydrogens (tertiary/aromatic N) is 1. The molecule has 4 heteroatoms. The Labute approximate surface area is 149 Å². The standard InChI is InChI=1S/C21H29N3O/c1-20(2)9-15-10-21(3,12-20)13-24(15)19(25)17(22)8-14-11-23-18-7-5-4-6-16(14)18/h4-7,11,15,17,23H,8-10,12-13,22H2,1-3H3. The molecule has 4 rings (SSSR count). The van der Waals surface area contributed by atoms with Crippen molar-refractivity contribution in [3.05, 3.63) is 36.0 Å². The van der Waals surface area contributed by atoms with Gasteiger partial charge in [-0.05, 0) is 48.1 Å². The maximum Gasteiger partial charge on any atom is 0.240 e. The molecule has 1 aliphatic heterocycles. The number of likely N-dealkylation sites (tertiary alicyclic amines) is 1. The molecule has 2 fully saturated rings. The second-order valence-electron chi connectivity index (χ2n) is 9.35. The van der Waals surface area contributed by atoms with E-state index in [1.807, 2.05) is 18.3 Å². The third-order valence-corrected chi connectivity index (χ3v) is 6.13. The maximum atomic E-state index is 13.1. The van der Waals surface area contributed by atoms with Gasteiger partial charge in [-0.3, -0.25) is 4.79 Å². The van der Waals surface area contributed by atoms with Gasteiger partial charge >= 0.3 is 0 Å². The van der Waals surface area contributed by atoms with Gasteiger partial charge in [0.25, 0.3) is 0 Å². The zero-order valence-electron chi connectivity index (χ0n) is 15.5. The molecule has 134 valence electrons. The number of fused-ring (bicyclic) bond motifs is 3. The number of aromatic amines is 1. The van der Waals surface area contributed by atoms with E-state index in [2.05, 4.69) is 42.8 Å². The minimum atomic E-state index is -0.467. The van der Waals surface area contributed by atoms with Gasteiger partial charge in [0.15, 0.2) is 0 Å². The Morgan fingerprint density at radius 2 is 2.08 bits per heavy atom. The number of amides is 1. The Hall–Kier alpha value is -1.81. The van der Waals surface area contributed by atoms with Crippen molar-refractivity contribution in [2.75, 3.05) is 6.54 Å². The number of H-pyrrole nitrogens is 1. The van der Waals surface area contributed by atoms with E-state index in [0.29, 0.717) is 17.9 Å². The molecule has 4 nitrogen and oxygen atoms in total. The van der Waals surface area contributed by atoms with Gasteiger partial charge in [-0.1, -0.05) is 39.0 Å². The summed E-state index contributed by atoms with van der Waals surface area (Å²) in [5.74, 6) is 0.122. The zero-order valence-corrected chi connectivity index (χ0v) is 15.5. The largest absolute Gasteiger partial charge is 0.361 e. The first kappa shape index (κ1) is 16.6. The first-order valence-electron chi connectivity index (χ1n) is 9.37. The highest BCUT2D eigenvalue weighted by Gasteiger charge is 2.51. The number of aromatic nitrogens is 1. The van der Waals surface area contributed by atoms with E-state index in [-0.39, 0.29) is 11.3 Å². The molecule has 1 aromatic carbocycles. The predicted octanol–water partition coefficient (Wildman–Crippen LogP) is 3.46. The summed E-state index contributed by atoms with van der Waals surface area (Å²) in [6, 6.07) is 8.07. The van der Waals surface area contributed by atoms with Gasteiger partial charge in [0.2, 0.25) is 5.91 Å². The lowest BCUT2D eigenvalue weighted by Gasteiger charge is -2.39. The topological polar surface area (TPSA) is 62.1 Å². The normalized spacial score (nSPS) is 29.1. The zero-order chi connectivity index (χ0) is 17.8. The van der Waals surface area contributed by atoms with Crippen LogP contribution in [-0.4, -0.2) is 34.4 Å². The quantitative estimate of drug-likeness (QED) is 0.899. The van der Waals surface area contributed by atoms with Crippen molar-refractivity contribution < 1.29 is 4.79 Å². The molecular weight excluding hydrogens is 310 g/mol. The van der Waals surface area contributed by atoms with E-state index in [4.69, 9.17) is 5.73 Å². The van der Waals surface area contributed by atoms with Crippen molar-refractivity contribution in [3.63, 3.8) is 0 Å². The number of rotatable bonds is 3. The molecule has 25 heavy (non-hydrogen) atoms. The van der Waals surface area contributed by atoms with Crippen molar-refractivity contribution in [1.29, 1.82) is 0 Å². The van der Waals surface area contributed by atoms with Crippen molar-refractivity contribution in [2.24, 2.45) is 16.6 Å². The van der Waals surface area contributed by atoms with E-state index in [0.717, 1.165) is 30.5 Å². The van der Waals surface area contributed by atoms with Crippen molar-refractivity contribution in [3.8, 4) is 0 Å². The summed E-state index contributed by atoms with van der Waals surface area (Å²) < 4.78 is 0. The van der Waals surface area contributed by atoms with Crippen LogP contribution >= 0.6 is 0 Å². The van der Waals surface area contributed by atoms with Crippen LogP contribution in [-0.2, 0) is 11.2 Å². The number of nitrogens with two attached hydrogens (primary N) is 1. The number of benzene rings is 1. The van der Waals surface area contributed by atoms with E-state index >= 15 is 0 Å². The van der Waals surface area contributed by atoms with Crippen molar-refractivity contribution in [1.82, 2.24) is 9.88 Å². The summed E-state index contributed by atoms with van der Waals surface area (Å²) in [5, 5.41) is 1.17. The predicted molar refractivity (Wildman–Crippen MR) is 101 cm³/mol. The molecule has 3 N–H and O–H groups in total. The highest BCUT2D eigenvalue weighted by Crippen LogP contribution is 2.52. The lowest BCUT2D eigenvalue weighted by Crippen LogP contribution is -2.47. The molecule has 2 bridgehead atoms. The Kier molecular flexibility index (Phi) is 3.73. The average Bonchev–Trinajstić information content (AvgIpc) is 3.04. The summed E-state index contributed by atoms with van der Waals surface area (Å²) >= 11 is 0. The minimum absolute atomic E-state index is 0.122. The van der Waals surface area contributed by atoms with Crippen molar-refractivity contribution in [2.45, 2.75) is 58.5 Å². The number of carbonyl (C=O) groups is 1. The van der Waals surface area contributed by atoms with Gasteiger partial charge in [-0.25, -0.2) is 0 Å². The van der Waals surface area contributed by atoms with Gasteiger partial charge in [0, 0.05) is 29.7 Å². The van der Waals surface area contributed by atoms with Crippen LogP contribution in [0, 0.1) is 10.8 Å². The second kappa shape index (κ2) is 5.60. The molecule has 0 radical (unpaired) electrons. The first-order valence-corrected chi connectivity index (χ1v) is 9.37. The number of nitrogens with one attached hydrogen (secondary N) is 1. The number of carbonyl (C=O) groups excluding carboxylic acids is 1. The molecule has 1 amide bonds. The summed E-state index contributed by atoms with van der Waals surface area (Å²) in [5.41, 5.74) is 9.16. The molecule has 1 saturated heterocycles. The van der Waals surface area contributed by atoms with Gasteiger partial charge in [-0.2, -0.15) is 0 Å². The SMILES string of the molecule is CC1(C)CC2CC(C)(CN2C(=O)C(N)Cc2c[nH]c3ccccc23)C1. The van der Waals surface area contributed by atoms with Crippen LogP contribution in [0.25, 0.3) is 10.9 Å². The molecule has 2 aromatic rings. The minimum Gasteiger partial charge on any atom is -0.361 e. The summed E-state index contributed by atoms with van der Waals surface area (Å²) in [6.45, 7) is 7.86. The monoisotopic (exact) mass is 339 g/mol. The fraction of sp³-hybridized carbons (Fsp3) is 0.571.